The quantitative estimate of drug-likeness (QED) is 0.850. The summed E-state index contributed by atoms with van der Waals surface area (Å²) in [4.78, 5) is 16.2. The van der Waals surface area contributed by atoms with Crippen LogP contribution >= 0.6 is 0 Å². The number of hydrogen-bond acceptors (Lipinski definition) is 4. The molecule has 0 unspecified atom stereocenters. The van der Waals surface area contributed by atoms with Gasteiger partial charge in [-0.05, 0) is 18.6 Å². The summed E-state index contributed by atoms with van der Waals surface area (Å²) >= 11 is 0. The van der Waals surface area contributed by atoms with E-state index in [4.69, 9.17) is 9.59 Å². The van der Waals surface area contributed by atoms with E-state index in [0.29, 0.717) is 0 Å². The van der Waals surface area contributed by atoms with E-state index in [1.54, 1.807) is 6.20 Å². The number of carbonyl (C=O) groups excluding carboxylic acids is 2. The minimum Gasteiger partial charge on any atom is -0.197 e. The van der Waals surface area contributed by atoms with Gasteiger partial charge >= 0.3 is 6.15 Å². The van der Waals surface area contributed by atoms with Crippen molar-refractivity contribution in [1.82, 2.24) is 15.4 Å². The van der Waals surface area contributed by atoms with Gasteiger partial charge in [0.05, 0.1) is 6.20 Å². The maximum atomic E-state index is 8.12. The van der Waals surface area contributed by atoms with E-state index in [2.05, 4.69) is 46.6 Å². The highest BCUT2D eigenvalue weighted by Crippen LogP contribution is 2.06. The van der Waals surface area contributed by atoms with Crippen LogP contribution in [0.1, 0.15) is 16.8 Å². The molecule has 0 saturated carbocycles. The Labute approximate surface area is 98.2 Å². The second-order valence-corrected chi connectivity index (χ2v) is 3.22. The predicted molar refractivity (Wildman–Crippen MR) is 61.5 cm³/mol. The molecule has 5 nitrogen and oxygen atoms in total. The molecule has 0 fully saturated rings. The molecule has 0 aliphatic carbocycles. The van der Waals surface area contributed by atoms with Crippen molar-refractivity contribution in [2.24, 2.45) is 0 Å². The van der Waals surface area contributed by atoms with Gasteiger partial charge in [0, 0.05) is 0 Å². The zero-order chi connectivity index (χ0) is 12.5. The highest BCUT2D eigenvalue weighted by Gasteiger charge is 1.89. The van der Waals surface area contributed by atoms with Gasteiger partial charge in [0.25, 0.3) is 0 Å². The van der Waals surface area contributed by atoms with E-state index in [9.17, 15) is 0 Å². The van der Waals surface area contributed by atoms with Crippen LogP contribution in [-0.4, -0.2) is 21.6 Å². The van der Waals surface area contributed by atoms with Crippen molar-refractivity contribution in [3.05, 3.63) is 47.3 Å². The number of aryl methyl sites for hydroxylation is 1. The number of H-pyrrole nitrogens is 1. The van der Waals surface area contributed by atoms with Crippen LogP contribution in [0.5, 0.6) is 0 Å². The highest BCUT2D eigenvalue weighted by atomic mass is 16.2. The second kappa shape index (κ2) is 6.87. The van der Waals surface area contributed by atoms with E-state index < -0.39 is 0 Å². The first-order chi connectivity index (χ1) is 8.26. The lowest BCUT2D eigenvalue weighted by molar-refractivity contribution is -0.191. The first-order valence-electron chi connectivity index (χ1n) is 4.86. The molecule has 0 aliphatic heterocycles. The van der Waals surface area contributed by atoms with Gasteiger partial charge in [-0.1, -0.05) is 35.9 Å². The van der Waals surface area contributed by atoms with Crippen molar-refractivity contribution in [1.29, 1.82) is 0 Å². The van der Waals surface area contributed by atoms with E-state index in [0.717, 1.165) is 5.69 Å². The van der Waals surface area contributed by atoms with Gasteiger partial charge in [-0.25, -0.2) is 0 Å². The fraction of sp³-hybridized carbons (Fsp3) is 0.0833. The average molecular weight is 229 g/mol. The normalized spacial score (nSPS) is 9.47. The summed E-state index contributed by atoms with van der Waals surface area (Å²) in [5.41, 5.74) is 3.27. The third-order valence-corrected chi connectivity index (χ3v) is 1.96. The summed E-state index contributed by atoms with van der Waals surface area (Å²) in [5.74, 6) is 0. The molecule has 2 aromatic rings. The lowest BCUT2D eigenvalue weighted by Gasteiger charge is -1.93. The molecular weight excluding hydrogens is 218 g/mol. The fourth-order valence-electron chi connectivity index (χ4n) is 1.15. The van der Waals surface area contributed by atoms with Gasteiger partial charge in [-0.2, -0.15) is 25.0 Å². The van der Waals surface area contributed by atoms with Crippen molar-refractivity contribution < 1.29 is 9.59 Å². The summed E-state index contributed by atoms with van der Waals surface area (Å²) in [6, 6.07) is 8.32. The molecule has 5 heteroatoms. The number of rotatable bonds is 2. The Morgan fingerprint density at radius 3 is 2.35 bits per heavy atom. The van der Waals surface area contributed by atoms with Crippen LogP contribution in [-0.2, 0) is 9.59 Å². The predicted octanol–water partition coefficient (Wildman–Crippen LogP) is 1.70. The molecule has 0 amide bonds. The van der Waals surface area contributed by atoms with Gasteiger partial charge in [0.15, 0.2) is 0 Å². The Balaban J connectivity index is 0.000000437. The maximum absolute atomic E-state index is 8.12. The van der Waals surface area contributed by atoms with E-state index in [1.807, 2.05) is 12.2 Å². The third kappa shape index (κ3) is 4.68. The average Bonchev–Trinajstić information content (AvgIpc) is 2.82. The first kappa shape index (κ1) is 12.5. The van der Waals surface area contributed by atoms with Gasteiger partial charge in [0.1, 0.15) is 5.69 Å². The molecular formula is C12H11N3O2. The first-order valence-corrected chi connectivity index (χ1v) is 4.86. The summed E-state index contributed by atoms with van der Waals surface area (Å²) < 4.78 is 0. The zero-order valence-corrected chi connectivity index (χ0v) is 9.25. The number of aromatic nitrogens is 3. The molecule has 86 valence electrons. The number of benzene rings is 1. The minimum atomic E-state index is 0.250. The van der Waals surface area contributed by atoms with Crippen LogP contribution in [0.3, 0.4) is 0 Å². The largest absolute Gasteiger partial charge is 0.373 e. The Morgan fingerprint density at radius 1 is 1.18 bits per heavy atom. The monoisotopic (exact) mass is 229 g/mol. The van der Waals surface area contributed by atoms with Crippen LogP contribution in [0.2, 0.25) is 0 Å². The molecule has 0 atom stereocenters. The van der Waals surface area contributed by atoms with Crippen LogP contribution in [0.15, 0.2) is 30.5 Å². The number of nitrogens with zero attached hydrogens (tertiary/aromatic N) is 2. The Bertz CT molecular complexity index is 495. The standard InChI is InChI=1S/C11H11N3.CO2/c1-9-2-4-10(5-3-9)6-7-11-8-12-14-13-11;2-1-3/h2-8H,1H3,(H,12,13,14);. The van der Waals surface area contributed by atoms with Crippen molar-refractivity contribution in [2.45, 2.75) is 6.92 Å². The van der Waals surface area contributed by atoms with Gasteiger partial charge in [-0.3, -0.25) is 0 Å². The molecule has 2 rings (SSSR count). The van der Waals surface area contributed by atoms with Crippen LogP contribution in [0.4, 0.5) is 0 Å². The summed E-state index contributed by atoms with van der Waals surface area (Å²) in [5, 5.41) is 10.2. The van der Waals surface area contributed by atoms with Crippen molar-refractivity contribution >= 4 is 18.3 Å². The smallest absolute Gasteiger partial charge is 0.197 e. The Kier molecular flexibility index (Phi) is 5.07. The topological polar surface area (TPSA) is 75.7 Å². The molecule has 1 aromatic carbocycles. The summed E-state index contributed by atoms with van der Waals surface area (Å²) in [6.45, 7) is 2.07. The van der Waals surface area contributed by atoms with Crippen LogP contribution in [0, 0.1) is 6.92 Å². The SMILES string of the molecule is Cc1ccc(C=Cc2cn[nH]n2)cc1.O=C=O. The number of nitrogens with one attached hydrogen (secondary N) is 1. The molecule has 1 aromatic heterocycles. The molecule has 0 radical (unpaired) electrons. The van der Waals surface area contributed by atoms with Crippen LogP contribution in [0.25, 0.3) is 12.2 Å². The summed E-state index contributed by atoms with van der Waals surface area (Å²) in [7, 11) is 0. The lowest BCUT2D eigenvalue weighted by atomic mass is 10.1. The fourth-order valence-corrected chi connectivity index (χ4v) is 1.15. The van der Waals surface area contributed by atoms with E-state index >= 15 is 0 Å². The number of aromatic amines is 1. The van der Waals surface area contributed by atoms with Crippen molar-refractivity contribution in [3.8, 4) is 0 Å². The zero-order valence-electron chi connectivity index (χ0n) is 9.25. The Hall–Kier alpha value is -2.52. The molecule has 1 N–H and O–H groups in total. The Morgan fingerprint density at radius 2 is 1.82 bits per heavy atom. The van der Waals surface area contributed by atoms with E-state index in [1.165, 1.54) is 11.1 Å². The van der Waals surface area contributed by atoms with Crippen molar-refractivity contribution in [3.63, 3.8) is 0 Å². The number of hydrogen-bond donors (Lipinski definition) is 1. The second-order valence-electron chi connectivity index (χ2n) is 3.22. The minimum absolute atomic E-state index is 0.250. The third-order valence-electron chi connectivity index (χ3n) is 1.96. The van der Waals surface area contributed by atoms with Gasteiger partial charge in [-0.15, -0.1) is 0 Å². The van der Waals surface area contributed by atoms with Crippen LogP contribution < -0.4 is 0 Å². The molecule has 0 aliphatic rings. The molecule has 0 spiro atoms. The maximum Gasteiger partial charge on any atom is 0.373 e. The molecule has 1 heterocycles. The molecule has 0 saturated heterocycles. The molecule has 0 bridgehead atoms. The van der Waals surface area contributed by atoms with E-state index in [-0.39, 0.29) is 6.15 Å². The summed E-state index contributed by atoms with van der Waals surface area (Å²) in [6.07, 6.45) is 5.87. The molecule has 17 heavy (non-hydrogen) atoms. The highest BCUT2D eigenvalue weighted by molar-refractivity contribution is 5.67. The van der Waals surface area contributed by atoms with Gasteiger partial charge in [0.2, 0.25) is 0 Å². The van der Waals surface area contributed by atoms with Gasteiger partial charge < -0.3 is 0 Å². The lowest BCUT2D eigenvalue weighted by Crippen LogP contribution is -1.74. The van der Waals surface area contributed by atoms with Crippen molar-refractivity contribution in [2.75, 3.05) is 0 Å².